The third kappa shape index (κ3) is 9.40. The van der Waals surface area contributed by atoms with Crippen LogP contribution in [0.1, 0.15) is 37.8 Å². The molecule has 4 rings (SSSR count). The zero-order valence-electron chi connectivity index (χ0n) is 22.1. The van der Waals surface area contributed by atoms with E-state index in [2.05, 4.69) is 20.9 Å². The number of urea groups is 1. The van der Waals surface area contributed by atoms with Crippen LogP contribution >= 0.6 is 0 Å². The fourth-order valence-corrected chi connectivity index (χ4v) is 3.97. The summed E-state index contributed by atoms with van der Waals surface area (Å²) in [5.74, 6) is -1.94. The molecule has 2 aliphatic heterocycles. The van der Waals surface area contributed by atoms with Gasteiger partial charge in [-0.05, 0) is 48.1 Å². The summed E-state index contributed by atoms with van der Waals surface area (Å²) in [4.78, 5) is 42.0. The van der Waals surface area contributed by atoms with Crippen molar-refractivity contribution in [2.24, 2.45) is 5.92 Å². The van der Waals surface area contributed by atoms with E-state index < -0.39 is 35.8 Å². The Morgan fingerprint density at radius 3 is 2.67 bits per heavy atom. The predicted octanol–water partition coefficient (Wildman–Crippen LogP) is 2.04. The number of aromatic nitrogens is 1. The van der Waals surface area contributed by atoms with Crippen molar-refractivity contribution in [3.63, 3.8) is 0 Å². The lowest BCUT2D eigenvalue weighted by Gasteiger charge is -2.27. The van der Waals surface area contributed by atoms with Crippen LogP contribution in [0.25, 0.3) is 0 Å². The van der Waals surface area contributed by atoms with Crippen molar-refractivity contribution in [2.75, 3.05) is 25.6 Å². The van der Waals surface area contributed by atoms with Crippen LogP contribution in [0.3, 0.4) is 0 Å². The Kier molecular flexibility index (Phi) is 10.9. The largest absolute Gasteiger partial charge is 0.491 e. The first kappa shape index (κ1) is 29.6. The minimum atomic E-state index is -1.30. The Labute approximate surface area is 226 Å². The molecule has 0 aliphatic carbocycles. The molecular formula is C27H36FN5O6. The summed E-state index contributed by atoms with van der Waals surface area (Å²) in [5, 5.41) is 17.5. The molecule has 0 saturated heterocycles. The molecule has 39 heavy (non-hydrogen) atoms. The first-order valence-electron chi connectivity index (χ1n) is 12.9. The number of nitrogens with one attached hydrogen (secondary N) is 3. The van der Waals surface area contributed by atoms with E-state index in [-0.39, 0.29) is 43.0 Å². The number of aliphatic carboxylic acids is 1. The molecule has 0 fully saturated rings. The molecular weight excluding hydrogens is 509 g/mol. The molecule has 1 aromatic heterocycles. The summed E-state index contributed by atoms with van der Waals surface area (Å²) in [6, 6.07) is 3.90. The number of nitrogens with zero attached hydrogens (tertiary/aromatic N) is 1. The quantitative estimate of drug-likeness (QED) is 0.368. The molecule has 1 aromatic carbocycles. The summed E-state index contributed by atoms with van der Waals surface area (Å²) in [6.45, 7) is 4.95. The number of ether oxygens (including phenoxy) is 2. The van der Waals surface area contributed by atoms with Crippen LogP contribution in [0.15, 0.2) is 36.5 Å². The van der Waals surface area contributed by atoms with Gasteiger partial charge in [-0.2, -0.15) is 0 Å². The molecule has 3 heterocycles. The lowest BCUT2D eigenvalue weighted by atomic mass is 10.0. The number of hydrogen-bond acceptors (Lipinski definition) is 7. The summed E-state index contributed by atoms with van der Waals surface area (Å²) in [5.41, 5.74) is 6.58. The summed E-state index contributed by atoms with van der Waals surface area (Å²) >= 11 is 0. The highest BCUT2D eigenvalue weighted by molar-refractivity contribution is 5.89. The second-order valence-corrected chi connectivity index (χ2v) is 9.82. The zero-order valence-corrected chi connectivity index (χ0v) is 22.1. The highest BCUT2D eigenvalue weighted by Crippen LogP contribution is 2.20. The fraction of sp³-hybridized carbons (Fsp3) is 0.481. The van der Waals surface area contributed by atoms with Crippen LogP contribution in [-0.2, 0) is 27.2 Å². The van der Waals surface area contributed by atoms with E-state index in [0.717, 1.165) is 0 Å². The number of anilines is 1. The summed E-state index contributed by atoms with van der Waals surface area (Å²) < 4.78 is 25.9. The number of halogens is 1. The average molecular weight is 546 g/mol. The molecule has 3 amide bonds. The van der Waals surface area contributed by atoms with Gasteiger partial charge in [0.15, 0.2) is 11.6 Å². The van der Waals surface area contributed by atoms with Gasteiger partial charge >= 0.3 is 12.0 Å². The van der Waals surface area contributed by atoms with Crippen LogP contribution in [0.5, 0.6) is 5.75 Å². The molecule has 3 unspecified atom stereocenters. The van der Waals surface area contributed by atoms with Crippen molar-refractivity contribution in [1.29, 1.82) is 0 Å². The minimum absolute atomic E-state index is 0.0345. The van der Waals surface area contributed by atoms with E-state index in [9.17, 15) is 23.9 Å². The van der Waals surface area contributed by atoms with Crippen molar-refractivity contribution >= 4 is 23.7 Å². The lowest BCUT2D eigenvalue weighted by molar-refractivity contribution is -0.139. The summed E-state index contributed by atoms with van der Waals surface area (Å²) in [6.07, 6.45) is 2.73. The van der Waals surface area contributed by atoms with E-state index in [1.807, 2.05) is 13.8 Å². The zero-order chi connectivity index (χ0) is 28.4. The number of carboxylic acids is 1. The van der Waals surface area contributed by atoms with E-state index in [4.69, 9.17) is 15.2 Å². The van der Waals surface area contributed by atoms with Crippen LogP contribution in [0, 0.1) is 11.7 Å². The topological polar surface area (TPSA) is 165 Å². The van der Waals surface area contributed by atoms with Gasteiger partial charge < -0.3 is 36.3 Å². The molecule has 0 spiro atoms. The molecule has 2 aliphatic rings. The van der Waals surface area contributed by atoms with E-state index in [1.54, 1.807) is 12.1 Å². The Balaban J connectivity index is 1.79. The molecule has 6 N–H and O–H groups in total. The average Bonchev–Trinajstić information content (AvgIpc) is 2.88. The molecule has 3 atom stereocenters. The van der Waals surface area contributed by atoms with Gasteiger partial charge in [-0.1, -0.05) is 26.0 Å². The number of benzene rings is 1. The lowest BCUT2D eigenvalue weighted by Crippen LogP contribution is -2.56. The third-order valence-corrected chi connectivity index (χ3v) is 6.32. The molecule has 12 heteroatoms. The molecule has 0 radical (unpaired) electrons. The maximum atomic E-state index is 14.7. The SMILES string of the molecule is CC(C)C1COCCCCOc2ccc(cc2F)CC(NC(=O)NC(Cc2ccc(N)nc2)C(=O)O)C(=O)N1. The van der Waals surface area contributed by atoms with Gasteiger partial charge in [-0.3, -0.25) is 4.79 Å². The van der Waals surface area contributed by atoms with Crippen molar-refractivity contribution < 1.29 is 33.4 Å². The number of rotatable bonds is 6. The Morgan fingerprint density at radius 2 is 2.00 bits per heavy atom. The highest BCUT2D eigenvalue weighted by atomic mass is 19.1. The van der Waals surface area contributed by atoms with Gasteiger partial charge in [0.25, 0.3) is 0 Å². The second kappa shape index (κ2) is 14.3. The number of carbonyl (C=O) groups is 3. The first-order valence-corrected chi connectivity index (χ1v) is 12.9. The second-order valence-electron chi connectivity index (χ2n) is 9.82. The van der Waals surface area contributed by atoms with Crippen LogP contribution in [0.2, 0.25) is 0 Å². The standard InChI is InChI=1S/C27H36FN5O6/c1-16(2)22-15-38-9-3-4-10-39-23-7-5-17(11-19(23)28)12-20(25(34)31-22)32-27(37)33-21(26(35)36)13-18-6-8-24(29)30-14-18/h5-8,11,14,16,20-22H,3-4,9-10,12-13,15H2,1-2H3,(H2,29,30)(H,31,34)(H,35,36)(H2,32,33,37). The number of hydrogen-bond donors (Lipinski definition) is 5. The van der Waals surface area contributed by atoms with Gasteiger partial charge in [-0.25, -0.2) is 19.0 Å². The maximum Gasteiger partial charge on any atom is 0.326 e. The number of amides is 3. The molecule has 212 valence electrons. The highest BCUT2D eigenvalue weighted by Gasteiger charge is 2.28. The van der Waals surface area contributed by atoms with Crippen molar-refractivity contribution in [2.45, 2.75) is 57.7 Å². The van der Waals surface area contributed by atoms with Crippen molar-refractivity contribution in [1.82, 2.24) is 20.9 Å². The molecule has 2 bridgehead atoms. The number of pyridine rings is 1. The van der Waals surface area contributed by atoms with Crippen LogP contribution < -0.4 is 26.4 Å². The number of nitrogens with two attached hydrogens (primary N) is 1. The number of nitrogen functional groups attached to an aromatic ring is 1. The first-order chi connectivity index (χ1) is 18.6. The molecule has 0 saturated carbocycles. The minimum Gasteiger partial charge on any atom is -0.491 e. The van der Waals surface area contributed by atoms with E-state index >= 15 is 0 Å². The Bertz CT molecular complexity index is 1130. The summed E-state index contributed by atoms with van der Waals surface area (Å²) in [7, 11) is 0. The van der Waals surface area contributed by atoms with E-state index in [1.165, 1.54) is 24.4 Å². The molecule has 2 aromatic rings. The van der Waals surface area contributed by atoms with Crippen LogP contribution in [-0.4, -0.2) is 65.9 Å². The number of carboxylic acid groups (broad SMARTS) is 1. The Hall–Kier alpha value is -3.93. The van der Waals surface area contributed by atoms with Crippen molar-refractivity contribution in [3.05, 3.63) is 53.5 Å². The maximum absolute atomic E-state index is 14.7. The predicted molar refractivity (Wildman–Crippen MR) is 142 cm³/mol. The smallest absolute Gasteiger partial charge is 0.326 e. The fourth-order valence-electron chi connectivity index (χ4n) is 3.97. The Morgan fingerprint density at radius 1 is 1.23 bits per heavy atom. The van der Waals surface area contributed by atoms with E-state index in [0.29, 0.717) is 37.2 Å². The third-order valence-electron chi connectivity index (χ3n) is 6.32. The number of carbonyl (C=O) groups excluding carboxylic acids is 2. The van der Waals surface area contributed by atoms with Crippen molar-refractivity contribution in [3.8, 4) is 5.75 Å². The van der Waals surface area contributed by atoms with Gasteiger partial charge in [0.1, 0.15) is 17.9 Å². The van der Waals surface area contributed by atoms with Gasteiger partial charge in [0, 0.05) is 25.6 Å². The number of fused-ring (bicyclic) bond motifs is 13. The van der Waals surface area contributed by atoms with Gasteiger partial charge in [0.05, 0.1) is 19.3 Å². The normalized spacial score (nSPS) is 19.5. The monoisotopic (exact) mass is 545 g/mol. The van der Waals surface area contributed by atoms with Crippen LogP contribution in [0.4, 0.5) is 15.0 Å². The molecule has 11 nitrogen and oxygen atoms in total. The van der Waals surface area contributed by atoms with Gasteiger partial charge in [-0.15, -0.1) is 0 Å². The van der Waals surface area contributed by atoms with Gasteiger partial charge in [0.2, 0.25) is 5.91 Å².